The average molecular weight is 276 g/mol. The predicted molar refractivity (Wildman–Crippen MR) is 76.5 cm³/mol. The van der Waals surface area contributed by atoms with Crippen LogP contribution in [0.4, 0.5) is 0 Å². The van der Waals surface area contributed by atoms with E-state index in [9.17, 15) is 0 Å². The summed E-state index contributed by atoms with van der Waals surface area (Å²) in [5, 5.41) is 2.10. The Morgan fingerprint density at radius 3 is 2.94 bits per heavy atom. The number of hydrogen-bond donors (Lipinski definition) is 1. The summed E-state index contributed by atoms with van der Waals surface area (Å²) in [5.41, 5.74) is 7.26. The minimum absolute atomic E-state index is 0.141. The second-order valence-electron chi connectivity index (χ2n) is 3.93. The van der Waals surface area contributed by atoms with E-state index in [4.69, 9.17) is 10.5 Å². The molecule has 2 N–H and O–H groups in total. The van der Waals surface area contributed by atoms with Gasteiger partial charge in [0.1, 0.15) is 5.75 Å². The molecule has 0 aliphatic rings. The fourth-order valence-electron chi connectivity index (χ4n) is 1.82. The van der Waals surface area contributed by atoms with Crippen molar-refractivity contribution in [1.82, 2.24) is 4.98 Å². The highest BCUT2D eigenvalue weighted by Crippen LogP contribution is 2.35. The van der Waals surface area contributed by atoms with Crippen LogP contribution in [-0.4, -0.2) is 12.1 Å². The number of rotatable bonds is 3. The Hall–Kier alpha value is -1.43. The third-order valence-corrected chi connectivity index (χ3v) is 4.97. The van der Waals surface area contributed by atoms with E-state index in [1.165, 1.54) is 9.40 Å². The molecule has 0 aliphatic heterocycles. The SMILES string of the molecule is COc1cncc(C(N)c2cc3sccc3s2)c1. The van der Waals surface area contributed by atoms with Gasteiger partial charge in [-0.1, -0.05) is 0 Å². The van der Waals surface area contributed by atoms with E-state index >= 15 is 0 Å². The van der Waals surface area contributed by atoms with Crippen molar-refractivity contribution in [2.75, 3.05) is 7.11 Å². The van der Waals surface area contributed by atoms with E-state index in [0.717, 1.165) is 16.2 Å². The van der Waals surface area contributed by atoms with E-state index < -0.39 is 0 Å². The second-order valence-corrected chi connectivity index (χ2v) is 6.00. The second kappa shape index (κ2) is 4.68. The van der Waals surface area contributed by atoms with Gasteiger partial charge >= 0.3 is 0 Å². The lowest BCUT2D eigenvalue weighted by molar-refractivity contribution is 0.412. The zero-order valence-corrected chi connectivity index (χ0v) is 11.4. The van der Waals surface area contributed by atoms with Crippen molar-refractivity contribution >= 4 is 32.1 Å². The lowest BCUT2D eigenvalue weighted by Crippen LogP contribution is -2.10. The Kier molecular flexibility index (Phi) is 3.03. The van der Waals surface area contributed by atoms with Gasteiger partial charge in [-0.2, -0.15) is 0 Å². The quantitative estimate of drug-likeness (QED) is 0.797. The van der Waals surface area contributed by atoms with Crippen LogP contribution in [0, 0.1) is 0 Å². The molecule has 0 amide bonds. The van der Waals surface area contributed by atoms with Crippen LogP contribution in [0.2, 0.25) is 0 Å². The zero-order valence-electron chi connectivity index (χ0n) is 9.79. The van der Waals surface area contributed by atoms with Gasteiger partial charge in [0.15, 0.2) is 0 Å². The van der Waals surface area contributed by atoms with E-state index in [2.05, 4.69) is 22.5 Å². The van der Waals surface area contributed by atoms with Gasteiger partial charge in [0.05, 0.1) is 19.3 Å². The summed E-state index contributed by atoms with van der Waals surface area (Å²) in [5.74, 6) is 0.737. The van der Waals surface area contributed by atoms with Crippen molar-refractivity contribution < 1.29 is 4.74 Å². The molecule has 18 heavy (non-hydrogen) atoms. The number of nitrogens with zero attached hydrogens (tertiary/aromatic N) is 1. The summed E-state index contributed by atoms with van der Waals surface area (Å²) in [7, 11) is 1.63. The van der Waals surface area contributed by atoms with Gasteiger partial charge < -0.3 is 10.5 Å². The molecule has 1 atom stereocenters. The Labute approximate surface area is 113 Å². The van der Waals surface area contributed by atoms with Crippen molar-refractivity contribution in [3.05, 3.63) is 46.4 Å². The molecule has 3 heterocycles. The Morgan fingerprint density at radius 2 is 2.17 bits per heavy atom. The number of aromatic nitrogens is 1. The number of ether oxygens (including phenoxy) is 1. The monoisotopic (exact) mass is 276 g/mol. The number of thiophene rings is 2. The molecule has 3 aromatic heterocycles. The molecule has 3 rings (SSSR count). The molecule has 0 radical (unpaired) electrons. The van der Waals surface area contributed by atoms with E-state index in [-0.39, 0.29) is 6.04 Å². The van der Waals surface area contributed by atoms with E-state index in [0.29, 0.717) is 0 Å². The van der Waals surface area contributed by atoms with Crippen molar-refractivity contribution in [2.24, 2.45) is 5.73 Å². The molecule has 3 nitrogen and oxygen atoms in total. The highest BCUT2D eigenvalue weighted by molar-refractivity contribution is 7.26. The summed E-state index contributed by atoms with van der Waals surface area (Å²) in [6.07, 6.45) is 3.48. The van der Waals surface area contributed by atoms with Gasteiger partial charge in [0, 0.05) is 20.5 Å². The Morgan fingerprint density at radius 1 is 1.28 bits per heavy atom. The van der Waals surface area contributed by atoms with Gasteiger partial charge in [-0.3, -0.25) is 4.98 Å². The lowest BCUT2D eigenvalue weighted by Gasteiger charge is -2.10. The van der Waals surface area contributed by atoms with E-state index in [1.807, 2.05) is 6.07 Å². The highest BCUT2D eigenvalue weighted by atomic mass is 32.1. The number of pyridine rings is 1. The van der Waals surface area contributed by atoms with Gasteiger partial charge in [-0.05, 0) is 29.1 Å². The molecule has 0 aromatic carbocycles. The number of methoxy groups -OCH3 is 1. The van der Waals surface area contributed by atoms with Crippen LogP contribution in [0.1, 0.15) is 16.5 Å². The molecule has 0 saturated heterocycles. The van der Waals surface area contributed by atoms with Crippen LogP contribution in [-0.2, 0) is 0 Å². The Bertz CT molecular complexity index is 646. The molecule has 0 saturated carbocycles. The maximum Gasteiger partial charge on any atom is 0.137 e. The molecule has 3 aromatic rings. The summed E-state index contributed by atoms with van der Waals surface area (Å²) in [4.78, 5) is 5.31. The van der Waals surface area contributed by atoms with Crippen LogP contribution in [0.5, 0.6) is 5.75 Å². The minimum Gasteiger partial charge on any atom is -0.495 e. The predicted octanol–water partition coefficient (Wildman–Crippen LogP) is 3.41. The summed E-state index contributed by atoms with van der Waals surface area (Å²) in [6, 6.07) is 6.09. The number of hydrogen-bond acceptors (Lipinski definition) is 5. The average Bonchev–Trinajstić information content (AvgIpc) is 2.98. The molecule has 0 fully saturated rings. The summed E-state index contributed by atoms with van der Waals surface area (Å²) < 4.78 is 7.76. The number of nitrogens with two attached hydrogens (primary N) is 1. The maximum atomic E-state index is 6.28. The fourth-order valence-corrected chi connectivity index (χ4v) is 3.97. The summed E-state index contributed by atoms with van der Waals surface area (Å²) in [6.45, 7) is 0. The first-order valence-electron chi connectivity index (χ1n) is 5.49. The Balaban J connectivity index is 1.97. The topological polar surface area (TPSA) is 48.1 Å². The first-order chi connectivity index (χ1) is 8.78. The van der Waals surface area contributed by atoms with Crippen molar-refractivity contribution in [3.8, 4) is 5.75 Å². The molecule has 1 unspecified atom stereocenters. The molecule has 0 bridgehead atoms. The van der Waals surface area contributed by atoms with E-state index in [1.54, 1.807) is 42.2 Å². The van der Waals surface area contributed by atoms with Crippen LogP contribution in [0.25, 0.3) is 9.40 Å². The lowest BCUT2D eigenvalue weighted by atomic mass is 10.1. The fraction of sp³-hybridized carbons (Fsp3) is 0.154. The van der Waals surface area contributed by atoms with Crippen molar-refractivity contribution in [2.45, 2.75) is 6.04 Å². The number of fused-ring (bicyclic) bond motifs is 1. The van der Waals surface area contributed by atoms with Gasteiger partial charge in [0.2, 0.25) is 0 Å². The normalized spacial score (nSPS) is 12.8. The van der Waals surface area contributed by atoms with Gasteiger partial charge in [-0.15, -0.1) is 22.7 Å². The molecular weight excluding hydrogens is 264 g/mol. The maximum absolute atomic E-state index is 6.28. The van der Waals surface area contributed by atoms with Crippen LogP contribution < -0.4 is 10.5 Å². The van der Waals surface area contributed by atoms with Crippen LogP contribution in [0.15, 0.2) is 36.0 Å². The highest BCUT2D eigenvalue weighted by Gasteiger charge is 2.14. The van der Waals surface area contributed by atoms with Crippen molar-refractivity contribution in [1.29, 1.82) is 0 Å². The van der Waals surface area contributed by atoms with Gasteiger partial charge in [-0.25, -0.2) is 0 Å². The summed E-state index contributed by atoms with van der Waals surface area (Å²) >= 11 is 3.48. The molecule has 0 spiro atoms. The smallest absolute Gasteiger partial charge is 0.137 e. The standard InChI is InChI=1S/C13H12N2OS2/c1-16-9-4-8(6-15-7-9)13(14)12-5-11-10(18-12)2-3-17-11/h2-7,13H,14H2,1H3. The molecule has 92 valence electrons. The largest absolute Gasteiger partial charge is 0.495 e. The molecule has 0 aliphatic carbocycles. The molecular formula is C13H12N2OS2. The van der Waals surface area contributed by atoms with Crippen LogP contribution >= 0.6 is 22.7 Å². The molecule has 5 heteroatoms. The van der Waals surface area contributed by atoms with Crippen LogP contribution in [0.3, 0.4) is 0 Å². The van der Waals surface area contributed by atoms with Crippen molar-refractivity contribution in [3.63, 3.8) is 0 Å². The zero-order chi connectivity index (χ0) is 12.5. The minimum atomic E-state index is -0.141. The first kappa shape index (κ1) is 11.6. The third-order valence-electron chi connectivity index (χ3n) is 2.79. The third kappa shape index (κ3) is 2.01. The first-order valence-corrected chi connectivity index (χ1v) is 7.19. The van der Waals surface area contributed by atoms with Gasteiger partial charge in [0.25, 0.3) is 0 Å².